The molecule has 0 aromatic carbocycles. The minimum atomic E-state index is -0.581. The van der Waals surface area contributed by atoms with Crippen LogP contribution in [0.2, 0.25) is 0 Å². The molecule has 2 nitrogen and oxygen atoms in total. The van der Waals surface area contributed by atoms with E-state index < -0.39 is 5.37 Å². The Bertz CT molecular complexity index is 153. The zero-order chi connectivity index (χ0) is 10.3. The summed E-state index contributed by atoms with van der Waals surface area (Å²) in [5.74, 6) is 0.274. The highest BCUT2D eigenvalue weighted by Crippen LogP contribution is 2.16. The van der Waals surface area contributed by atoms with E-state index in [-0.39, 0.29) is 11.4 Å². The fourth-order valence-corrected chi connectivity index (χ4v) is 1.51. The van der Waals surface area contributed by atoms with Crippen LogP contribution in [0.25, 0.3) is 0 Å². The van der Waals surface area contributed by atoms with Crippen molar-refractivity contribution in [1.29, 1.82) is 0 Å². The van der Waals surface area contributed by atoms with E-state index in [0.29, 0.717) is 0 Å². The summed E-state index contributed by atoms with van der Waals surface area (Å²) in [7, 11) is 0. The minimum Gasteiger partial charge on any atom is -0.326 e. The van der Waals surface area contributed by atoms with Gasteiger partial charge in [0.15, 0.2) is 0 Å². The Morgan fingerprint density at radius 3 is 2.54 bits per heavy atom. The van der Waals surface area contributed by atoms with Crippen LogP contribution in [-0.2, 0) is 0 Å². The van der Waals surface area contributed by atoms with Crippen LogP contribution in [-0.4, -0.2) is 10.9 Å². The first kappa shape index (κ1) is 13.1. The van der Waals surface area contributed by atoms with Gasteiger partial charge in [-0.3, -0.25) is 4.79 Å². The summed E-state index contributed by atoms with van der Waals surface area (Å²) >= 11 is 11.0. The average Bonchev–Trinajstić information content (AvgIpc) is 2.03. The van der Waals surface area contributed by atoms with E-state index in [1.54, 1.807) is 0 Å². The van der Waals surface area contributed by atoms with Gasteiger partial charge in [0.25, 0.3) is 0 Å². The van der Waals surface area contributed by atoms with Gasteiger partial charge in [0.05, 0.1) is 0 Å². The molecule has 0 aromatic rings. The lowest BCUT2D eigenvalue weighted by Crippen LogP contribution is -2.31. The van der Waals surface area contributed by atoms with Crippen molar-refractivity contribution in [2.24, 2.45) is 5.92 Å². The van der Waals surface area contributed by atoms with E-state index in [0.717, 1.165) is 12.8 Å². The third-order valence-corrected chi connectivity index (χ3v) is 2.66. The summed E-state index contributed by atoms with van der Waals surface area (Å²) in [5, 5.41) is 1.88. The molecule has 0 fully saturated rings. The SMILES string of the molecule is CCCCCC(C)C(Cl)NC(=O)Cl. The van der Waals surface area contributed by atoms with Gasteiger partial charge in [0.2, 0.25) is 0 Å². The van der Waals surface area contributed by atoms with E-state index >= 15 is 0 Å². The van der Waals surface area contributed by atoms with Crippen LogP contribution < -0.4 is 5.32 Å². The lowest BCUT2D eigenvalue weighted by atomic mass is 10.0. The van der Waals surface area contributed by atoms with Gasteiger partial charge in [-0.25, -0.2) is 0 Å². The van der Waals surface area contributed by atoms with Crippen molar-refractivity contribution in [3.63, 3.8) is 0 Å². The van der Waals surface area contributed by atoms with Gasteiger partial charge in [0.1, 0.15) is 5.50 Å². The molecule has 0 aromatic heterocycles. The molecular weight excluding hydrogens is 209 g/mol. The van der Waals surface area contributed by atoms with Crippen molar-refractivity contribution < 1.29 is 4.79 Å². The Labute approximate surface area is 90.0 Å². The van der Waals surface area contributed by atoms with Crippen molar-refractivity contribution in [2.45, 2.75) is 45.0 Å². The molecule has 2 atom stereocenters. The number of alkyl halides is 1. The lowest BCUT2D eigenvalue weighted by molar-refractivity contribution is 0.256. The Balaban J connectivity index is 3.56. The summed E-state index contributed by atoms with van der Waals surface area (Å²) < 4.78 is 0. The van der Waals surface area contributed by atoms with Gasteiger partial charge in [-0.05, 0) is 23.9 Å². The molecule has 0 heterocycles. The van der Waals surface area contributed by atoms with Gasteiger partial charge in [-0.2, -0.15) is 0 Å². The summed E-state index contributed by atoms with van der Waals surface area (Å²) in [5.41, 5.74) is -0.346. The molecule has 0 radical (unpaired) electrons. The van der Waals surface area contributed by atoms with Gasteiger partial charge >= 0.3 is 5.37 Å². The standard InChI is InChI=1S/C9H17Cl2NO/c1-3-4-5-6-7(2)8(10)12-9(11)13/h7-8H,3-6H2,1-2H3,(H,12,13). The van der Waals surface area contributed by atoms with Gasteiger partial charge in [0, 0.05) is 0 Å². The topological polar surface area (TPSA) is 29.1 Å². The quantitative estimate of drug-likeness (QED) is 0.318. The first-order chi connectivity index (χ1) is 6.07. The Hall–Kier alpha value is 0.0500. The Morgan fingerprint density at radius 2 is 2.08 bits per heavy atom. The fraction of sp³-hybridized carbons (Fsp3) is 0.889. The average molecular weight is 226 g/mol. The number of rotatable bonds is 6. The van der Waals surface area contributed by atoms with Crippen LogP contribution in [0.4, 0.5) is 4.79 Å². The largest absolute Gasteiger partial charge is 0.326 e. The number of halogens is 2. The van der Waals surface area contributed by atoms with E-state index in [2.05, 4.69) is 12.2 Å². The Kier molecular flexibility index (Phi) is 7.48. The summed E-state index contributed by atoms with van der Waals surface area (Å²) in [6.07, 6.45) is 4.59. The molecule has 0 aliphatic rings. The number of carbonyl (C=O) groups is 1. The highest BCUT2D eigenvalue weighted by atomic mass is 35.5. The highest BCUT2D eigenvalue weighted by Gasteiger charge is 2.14. The maximum absolute atomic E-state index is 10.5. The highest BCUT2D eigenvalue weighted by molar-refractivity contribution is 6.63. The third-order valence-electron chi connectivity index (χ3n) is 2.01. The molecule has 2 unspecified atom stereocenters. The predicted octanol–water partition coefficient (Wildman–Crippen LogP) is 3.72. The van der Waals surface area contributed by atoms with Crippen LogP contribution in [0, 0.1) is 5.92 Å². The van der Waals surface area contributed by atoms with Crippen LogP contribution >= 0.6 is 23.2 Å². The van der Waals surface area contributed by atoms with Gasteiger partial charge < -0.3 is 5.32 Å². The molecule has 0 saturated heterocycles. The second-order valence-corrected chi connectivity index (χ2v) is 4.11. The number of unbranched alkanes of at least 4 members (excludes halogenated alkanes) is 2. The molecule has 0 spiro atoms. The number of hydrogen-bond donors (Lipinski definition) is 1. The Morgan fingerprint density at radius 1 is 1.46 bits per heavy atom. The van der Waals surface area contributed by atoms with Crippen molar-refractivity contribution in [2.75, 3.05) is 0 Å². The second kappa shape index (κ2) is 7.45. The molecule has 0 saturated carbocycles. The first-order valence-corrected chi connectivity index (χ1v) is 5.49. The fourth-order valence-electron chi connectivity index (χ4n) is 1.11. The van der Waals surface area contributed by atoms with Crippen LogP contribution in [0.15, 0.2) is 0 Å². The van der Waals surface area contributed by atoms with Crippen LogP contribution in [0.3, 0.4) is 0 Å². The smallest absolute Gasteiger partial charge is 0.314 e. The molecule has 0 aliphatic carbocycles. The monoisotopic (exact) mass is 225 g/mol. The number of hydrogen-bond acceptors (Lipinski definition) is 1. The zero-order valence-corrected chi connectivity index (χ0v) is 9.66. The summed E-state index contributed by atoms with van der Waals surface area (Å²) in [6.45, 7) is 4.17. The molecule has 0 rings (SSSR count). The molecule has 78 valence electrons. The molecule has 4 heteroatoms. The maximum Gasteiger partial charge on any atom is 0.314 e. The lowest BCUT2D eigenvalue weighted by Gasteiger charge is -2.17. The number of amides is 1. The van der Waals surface area contributed by atoms with E-state index in [1.165, 1.54) is 12.8 Å². The van der Waals surface area contributed by atoms with Crippen LogP contribution in [0.5, 0.6) is 0 Å². The molecule has 1 amide bonds. The van der Waals surface area contributed by atoms with Crippen molar-refractivity contribution in [1.82, 2.24) is 5.32 Å². The van der Waals surface area contributed by atoms with Crippen molar-refractivity contribution >= 4 is 28.6 Å². The number of nitrogens with one attached hydrogen (secondary N) is 1. The van der Waals surface area contributed by atoms with Crippen LogP contribution in [0.1, 0.15) is 39.5 Å². The van der Waals surface area contributed by atoms with E-state index in [1.807, 2.05) is 6.92 Å². The molecule has 0 aliphatic heterocycles. The first-order valence-electron chi connectivity index (χ1n) is 4.68. The van der Waals surface area contributed by atoms with Gasteiger partial charge in [-0.1, -0.05) is 44.7 Å². The molecule has 13 heavy (non-hydrogen) atoms. The summed E-state index contributed by atoms with van der Waals surface area (Å²) in [4.78, 5) is 10.5. The normalized spacial score (nSPS) is 15.1. The number of carbonyl (C=O) groups excluding carboxylic acids is 1. The maximum atomic E-state index is 10.5. The summed E-state index contributed by atoms with van der Waals surface area (Å²) in [6, 6.07) is 0. The minimum absolute atomic E-state index is 0.274. The molecule has 0 bridgehead atoms. The third kappa shape index (κ3) is 7.15. The van der Waals surface area contributed by atoms with Crippen molar-refractivity contribution in [3.05, 3.63) is 0 Å². The second-order valence-electron chi connectivity index (χ2n) is 3.29. The zero-order valence-electron chi connectivity index (χ0n) is 8.15. The van der Waals surface area contributed by atoms with E-state index in [4.69, 9.17) is 23.2 Å². The van der Waals surface area contributed by atoms with Crippen molar-refractivity contribution in [3.8, 4) is 0 Å². The molecular formula is C9H17Cl2NO. The van der Waals surface area contributed by atoms with Gasteiger partial charge in [-0.15, -0.1) is 0 Å². The molecule has 1 N–H and O–H groups in total. The predicted molar refractivity (Wildman–Crippen MR) is 57.3 cm³/mol. The van der Waals surface area contributed by atoms with E-state index in [9.17, 15) is 4.79 Å².